The van der Waals surface area contributed by atoms with Crippen LogP contribution in [0.1, 0.15) is 19.3 Å². The minimum absolute atomic E-state index is 0.193. The molecule has 0 radical (unpaired) electrons. The highest BCUT2D eigenvalue weighted by atomic mass is 35.5. The van der Waals surface area contributed by atoms with Gasteiger partial charge in [0.2, 0.25) is 11.6 Å². The van der Waals surface area contributed by atoms with Crippen molar-refractivity contribution >= 4 is 23.2 Å². The lowest BCUT2D eigenvalue weighted by Gasteiger charge is -2.04. The molecule has 3 nitrogen and oxygen atoms in total. The molecule has 0 heterocycles. The van der Waals surface area contributed by atoms with Crippen LogP contribution < -0.4 is 4.74 Å². The molecule has 98 valence electrons. The van der Waals surface area contributed by atoms with Gasteiger partial charge in [0, 0.05) is 12.3 Å². The average Bonchev–Trinajstić information content (AvgIpc) is 2.38. The van der Waals surface area contributed by atoms with Crippen LogP contribution in [0, 0.1) is 5.82 Å². The molecule has 0 atom stereocenters. The molecule has 1 aromatic carbocycles. The Bertz CT molecular complexity index is 403. The first-order valence-corrected chi connectivity index (χ1v) is 6.17. The van der Waals surface area contributed by atoms with E-state index < -0.39 is 11.6 Å². The summed E-state index contributed by atoms with van der Waals surface area (Å²) in [5.41, 5.74) is 0. The lowest BCUT2D eigenvalue weighted by atomic mass is 10.1. The van der Waals surface area contributed by atoms with Crippen molar-refractivity contribution < 1.29 is 18.7 Å². The van der Waals surface area contributed by atoms with Crippen LogP contribution in [0.4, 0.5) is 4.39 Å². The van der Waals surface area contributed by atoms with Gasteiger partial charge in [-0.15, -0.1) is 11.6 Å². The van der Waals surface area contributed by atoms with Crippen LogP contribution in [0.2, 0.25) is 0 Å². The number of rotatable bonds is 8. The quantitative estimate of drug-likeness (QED) is 0.415. The molecule has 0 aliphatic carbocycles. The maximum Gasteiger partial charge on any atom is 0.235 e. The second kappa shape index (κ2) is 7.82. The third-order valence-electron chi connectivity index (χ3n) is 2.28. The van der Waals surface area contributed by atoms with E-state index in [4.69, 9.17) is 16.3 Å². The van der Waals surface area contributed by atoms with Crippen LogP contribution in [-0.2, 0) is 9.59 Å². The third-order valence-corrected chi connectivity index (χ3v) is 2.55. The van der Waals surface area contributed by atoms with Gasteiger partial charge in [-0.1, -0.05) is 0 Å². The number of ketones is 2. The molecule has 1 rings (SSSR count). The van der Waals surface area contributed by atoms with Gasteiger partial charge >= 0.3 is 0 Å². The topological polar surface area (TPSA) is 43.4 Å². The first kappa shape index (κ1) is 14.6. The number of Topliss-reactive ketones (excluding diaryl/α,β-unsaturated/α-hetero) is 2. The molecule has 0 N–H and O–H groups in total. The normalized spacial score (nSPS) is 10.1. The van der Waals surface area contributed by atoms with Gasteiger partial charge in [0.05, 0.1) is 0 Å². The van der Waals surface area contributed by atoms with Crippen molar-refractivity contribution in [1.29, 1.82) is 0 Å². The van der Waals surface area contributed by atoms with E-state index in [0.29, 0.717) is 24.5 Å². The molecular formula is C13H14ClFO3. The van der Waals surface area contributed by atoms with Crippen molar-refractivity contribution in [3.63, 3.8) is 0 Å². The van der Waals surface area contributed by atoms with Crippen molar-refractivity contribution in [2.24, 2.45) is 0 Å². The van der Waals surface area contributed by atoms with Gasteiger partial charge in [-0.25, -0.2) is 4.39 Å². The molecule has 0 amide bonds. The van der Waals surface area contributed by atoms with E-state index in [1.54, 1.807) is 0 Å². The highest BCUT2D eigenvalue weighted by Crippen LogP contribution is 2.11. The summed E-state index contributed by atoms with van der Waals surface area (Å²) < 4.78 is 17.7. The predicted octanol–water partition coefficient (Wildman–Crippen LogP) is 2.75. The van der Waals surface area contributed by atoms with Gasteiger partial charge in [0.25, 0.3) is 0 Å². The van der Waals surface area contributed by atoms with Crippen LogP contribution in [-0.4, -0.2) is 24.1 Å². The Labute approximate surface area is 110 Å². The summed E-state index contributed by atoms with van der Waals surface area (Å²) in [5, 5.41) is 0. The zero-order chi connectivity index (χ0) is 13.4. The summed E-state index contributed by atoms with van der Waals surface area (Å²) in [6.45, 7) is -0.314. The number of unbranched alkanes of at least 4 members (excludes halogenated alkanes) is 1. The van der Waals surface area contributed by atoms with Crippen LogP contribution in [0.15, 0.2) is 24.3 Å². The SMILES string of the molecule is O=C(CCCCCl)C(=O)COc1ccc(F)cc1. The Morgan fingerprint density at radius 3 is 2.39 bits per heavy atom. The van der Waals surface area contributed by atoms with E-state index >= 15 is 0 Å². The lowest BCUT2D eigenvalue weighted by molar-refractivity contribution is -0.137. The second-order valence-electron chi connectivity index (χ2n) is 3.74. The smallest absolute Gasteiger partial charge is 0.235 e. The Balaban J connectivity index is 2.32. The number of carbonyl (C=O) groups is 2. The molecule has 5 heteroatoms. The fourth-order valence-corrected chi connectivity index (χ4v) is 1.47. The van der Waals surface area contributed by atoms with Gasteiger partial charge in [0.1, 0.15) is 11.6 Å². The molecule has 0 aromatic heterocycles. The summed E-state index contributed by atoms with van der Waals surface area (Å²) in [7, 11) is 0. The zero-order valence-corrected chi connectivity index (χ0v) is 10.6. The molecule has 0 aliphatic heterocycles. The number of carbonyl (C=O) groups excluding carboxylic acids is 2. The monoisotopic (exact) mass is 272 g/mol. The maximum absolute atomic E-state index is 12.6. The number of alkyl halides is 1. The van der Waals surface area contributed by atoms with Gasteiger partial charge in [-0.2, -0.15) is 0 Å². The van der Waals surface area contributed by atoms with Crippen molar-refractivity contribution in [1.82, 2.24) is 0 Å². The van der Waals surface area contributed by atoms with E-state index in [-0.39, 0.29) is 18.8 Å². The van der Waals surface area contributed by atoms with E-state index in [1.807, 2.05) is 0 Å². The summed E-state index contributed by atoms with van der Waals surface area (Å²) in [5.74, 6) is -0.576. The number of hydrogen-bond acceptors (Lipinski definition) is 3. The Hall–Kier alpha value is -1.42. The lowest BCUT2D eigenvalue weighted by Crippen LogP contribution is -2.21. The maximum atomic E-state index is 12.6. The summed E-state index contributed by atoms with van der Waals surface area (Å²) >= 11 is 5.47. The van der Waals surface area contributed by atoms with Gasteiger partial charge in [-0.3, -0.25) is 9.59 Å². The molecule has 1 aromatic rings. The first-order valence-electron chi connectivity index (χ1n) is 5.64. The highest BCUT2D eigenvalue weighted by Gasteiger charge is 2.13. The minimum Gasteiger partial charge on any atom is -0.485 e. The Morgan fingerprint density at radius 1 is 1.11 bits per heavy atom. The largest absolute Gasteiger partial charge is 0.485 e. The van der Waals surface area contributed by atoms with Crippen molar-refractivity contribution in [3.8, 4) is 5.75 Å². The fraction of sp³-hybridized carbons (Fsp3) is 0.385. The number of benzene rings is 1. The molecule has 0 saturated heterocycles. The zero-order valence-electron chi connectivity index (χ0n) is 9.83. The highest BCUT2D eigenvalue weighted by molar-refractivity contribution is 6.37. The molecular weight excluding hydrogens is 259 g/mol. The van der Waals surface area contributed by atoms with E-state index in [0.717, 1.165) is 0 Å². The number of halogens is 2. The fourth-order valence-electron chi connectivity index (χ4n) is 1.28. The van der Waals surface area contributed by atoms with Crippen LogP contribution >= 0.6 is 11.6 Å². The van der Waals surface area contributed by atoms with Gasteiger partial charge in [-0.05, 0) is 37.1 Å². The molecule has 0 spiro atoms. The first-order chi connectivity index (χ1) is 8.63. The number of hydrogen-bond donors (Lipinski definition) is 0. The van der Waals surface area contributed by atoms with Crippen molar-refractivity contribution in [2.45, 2.75) is 19.3 Å². The van der Waals surface area contributed by atoms with Crippen LogP contribution in [0.3, 0.4) is 0 Å². The standard InChI is InChI=1S/C13H14ClFO3/c14-8-2-1-3-12(16)13(17)9-18-11-6-4-10(15)5-7-11/h4-7H,1-3,8-9H2. The summed E-state index contributed by atoms with van der Waals surface area (Å²) in [4.78, 5) is 22.8. The van der Waals surface area contributed by atoms with Crippen molar-refractivity contribution in [2.75, 3.05) is 12.5 Å². The molecule has 0 fully saturated rings. The molecule has 0 aliphatic rings. The second-order valence-corrected chi connectivity index (χ2v) is 4.11. The number of ether oxygens (including phenoxy) is 1. The van der Waals surface area contributed by atoms with E-state index in [2.05, 4.69) is 0 Å². The van der Waals surface area contributed by atoms with Gasteiger partial charge in [0.15, 0.2) is 6.61 Å². The van der Waals surface area contributed by atoms with Crippen molar-refractivity contribution in [3.05, 3.63) is 30.1 Å². The van der Waals surface area contributed by atoms with Crippen LogP contribution in [0.5, 0.6) is 5.75 Å². The summed E-state index contributed by atoms with van der Waals surface area (Å²) in [6, 6.07) is 5.26. The predicted molar refractivity (Wildman–Crippen MR) is 66.5 cm³/mol. The van der Waals surface area contributed by atoms with E-state index in [9.17, 15) is 14.0 Å². The third kappa shape index (κ3) is 5.27. The molecule has 0 saturated carbocycles. The average molecular weight is 273 g/mol. The van der Waals surface area contributed by atoms with Crippen LogP contribution in [0.25, 0.3) is 0 Å². The van der Waals surface area contributed by atoms with E-state index in [1.165, 1.54) is 24.3 Å². The summed E-state index contributed by atoms with van der Waals surface area (Å²) in [6.07, 6.45) is 1.50. The Morgan fingerprint density at radius 2 is 1.78 bits per heavy atom. The minimum atomic E-state index is -0.575. The molecule has 0 unspecified atom stereocenters. The Kier molecular flexibility index (Phi) is 6.36. The molecule has 18 heavy (non-hydrogen) atoms. The molecule has 0 bridgehead atoms. The van der Waals surface area contributed by atoms with Gasteiger partial charge < -0.3 is 4.74 Å².